The zero-order valence-electron chi connectivity index (χ0n) is 19.7. The Labute approximate surface area is 216 Å². The molecule has 6 nitrogen and oxygen atoms in total. The van der Waals surface area contributed by atoms with Crippen LogP contribution in [-0.2, 0) is 15.8 Å². The van der Waals surface area contributed by atoms with E-state index in [-0.39, 0.29) is 17.3 Å². The van der Waals surface area contributed by atoms with E-state index in [1.807, 2.05) is 6.92 Å². The maximum Gasteiger partial charge on any atom is 0.418 e. The van der Waals surface area contributed by atoms with E-state index in [2.05, 4.69) is 5.32 Å². The molecular weight excluding hydrogens is 513 g/mol. The number of rotatable bonds is 10. The molecule has 0 atom stereocenters. The maximum atomic E-state index is 13.2. The first-order valence-corrected chi connectivity index (χ1v) is 12.5. The second-order valence-corrected chi connectivity index (χ2v) is 9.38. The molecule has 1 heterocycles. The van der Waals surface area contributed by atoms with Gasteiger partial charge in [0, 0.05) is 6.54 Å². The highest BCUT2D eigenvalue weighted by atomic mass is 32.2. The highest BCUT2D eigenvalue weighted by Gasteiger charge is 2.34. The molecule has 0 spiro atoms. The molecule has 36 heavy (non-hydrogen) atoms. The van der Waals surface area contributed by atoms with E-state index < -0.39 is 24.3 Å². The summed E-state index contributed by atoms with van der Waals surface area (Å²) in [5, 5.41) is 2.23. The van der Waals surface area contributed by atoms with Crippen molar-refractivity contribution in [1.29, 1.82) is 0 Å². The fourth-order valence-corrected chi connectivity index (χ4v) is 4.64. The Morgan fingerprint density at radius 3 is 2.58 bits per heavy atom. The van der Waals surface area contributed by atoms with E-state index in [0.717, 1.165) is 18.9 Å². The third-order valence-electron chi connectivity index (χ3n) is 5.04. The molecule has 0 radical (unpaired) electrons. The van der Waals surface area contributed by atoms with Crippen LogP contribution in [0.25, 0.3) is 6.08 Å². The van der Waals surface area contributed by atoms with Gasteiger partial charge in [0.25, 0.3) is 11.8 Å². The predicted molar refractivity (Wildman–Crippen MR) is 138 cm³/mol. The molecule has 0 aliphatic carbocycles. The second-order valence-electron chi connectivity index (χ2n) is 7.71. The first kappa shape index (κ1) is 27.5. The minimum Gasteiger partial charge on any atom is -0.490 e. The summed E-state index contributed by atoms with van der Waals surface area (Å²) in [6, 6.07) is 9.63. The fraction of sp³-hybridized carbons (Fsp3) is 0.320. The minimum absolute atomic E-state index is 0.146. The molecule has 0 aromatic heterocycles. The van der Waals surface area contributed by atoms with Crippen LogP contribution in [0.5, 0.6) is 11.5 Å². The second kappa shape index (κ2) is 12.3. The monoisotopic (exact) mass is 538 g/mol. The average molecular weight is 539 g/mol. The quantitative estimate of drug-likeness (QED) is 0.290. The van der Waals surface area contributed by atoms with Crippen LogP contribution >= 0.6 is 24.0 Å². The van der Waals surface area contributed by atoms with Crippen LogP contribution in [0.2, 0.25) is 0 Å². The van der Waals surface area contributed by atoms with Crippen LogP contribution in [0.4, 0.5) is 18.9 Å². The maximum absolute atomic E-state index is 13.2. The Balaban J connectivity index is 1.71. The number of para-hydroxylation sites is 1. The van der Waals surface area contributed by atoms with Crippen molar-refractivity contribution in [2.75, 3.05) is 25.1 Å². The number of unbranched alkanes of at least 4 members (excludes halogenated alkanes) is 1. The normalized spacial score (nSPS) is 14.9. The van der Waals surface area contributed by atoms with E-state index in [4.69, 9.17) is 21.7 Å². The Bertz CT molecular complexity index is 1170. The van der Waals surface area contributed by atoms with Gasteiger partial charge in [-0.05, 0) is 49.2 Å². The van der Waals surface area contributed by atoms with Gasteiger partial charge >= 0.3 is 6.18 Å². The molecule has 2 aromatic rings. The molecule has 1 aliphatic rings. The van der Waals surface area contributed by atoms with Gasteiger partial charge in [-0.25, -0.2) is 0 Å². The molecule has 192 valence electrons. The third-order valence-corrected chi connectivity index (χ3v) is 6.42. The van der Waals surface area contributed by atoms with E-state index >= 15 is 0 Å². The van der Waals surface area contributed by atoms with Gasteiger partial charge in [0.1, 0.15) is 4.32 Å². The molecule has 0 unspecified atom stereocenters. The Hall–Kier alpha value is -3.05. The molecule has 1 N–H and O–H groups in total. The van der Waals surface area contributed by atoms with Gasteiger partial charge in [-0.3, -0.25) is 14.5 Å². The number of hydrogen-bond acceptors (Lipinski definition) is 6. The average Bonchev–Trinajstić information content (AvgIpc) is 3.09. The lowest BCUT2D eigenvalue weighted by Crippen LogP contribution is -2.28. The molecule has 1 aliphatic heterocycles. The van der Waals surface area contributed by atoms with Crippen molar-refractivity contribution >= 4 is 51.9 Å². The number of hydrogen-bond donors (Lipinski definition) is 1. The number of carbonyl (C=O) groups is 2. The largest absolute Gasteiger partial charge is 0.490 e. The van der Waals surface area contributed by atoms with E-state index in [0.29, 0.717) is 33.7 Å². The number of nitrogens with one attached hydrogen (secondary N) is 1. The Morgan fingerprint density at radius 1 is 1.14 bits per heavy atom. The number of benzene rings is 2. The van der Waals surface area contributed by atoms with Crippen molar-refractivity contribution in [3.8, 4) is 11.5 Å². The minimum atomic E-state index is -4.60. The Morgan fingerprint density at radius 2 is 1.89 bits per heavy atom. The van der Waals surface area contributed by atoms with Crippen molar-refractivity contribution in [2.24, 2.45) is 0 Å². The number of thioether (sulfide) groups is 1. The summed E-state index contributed by atoms with van der Waals surface area (Å²) in [4.78, 5) is 27.1. The summed E-state index contributed by atoms with van der Waals surface area (Å²) >= 11 is 6.56. The number of alkyl halides is 3. The van der Waals surface area contributed by atoms with Gasteiger partial charge in [-0.15, -0.1) is 0 Å². The predicted octanol–water partition coefficient (Wildman–Crippen LogP) is 6.12. The fourth-order valence-electron chi connectivity index (χ4n) is 3.33. The molecule has 1 saturated heterocycles. The van der Waals surface area contributed by atoms with Crippen LogP contribution in [0.15, 0.2) is 47.4 Å². The zero-order valence-corrected chi connectivity index (χ0v) is 21.3. The van der Waals surface area contributed by atoms with Crippen LogP contribution in [0, 0.1) is 0 Å². The number of thiocarbonyl (C=S) groups is 1. The molecule has 1 fully saturated rings. The van der Waals surface area contributed by atoms with Crippen molar-refractivity contribution in [2.45, 2.75) is 32.9 Å². The van der Waals surface area contributed by atoms with Crippen molar-refractivity contribution < 1.29 is 32.2 Å². The molecule has 11 heteroatoms. The summed E-state index contributed by atoms with van der Waals surface area (Å²) in [5.74, 6) is -0.332. The van der Waals surface area contributed by atoms with Gasteiger partial charge < -0.3 is 14.8 Å². The number of carbonyl (C=O) groups excluding carboxylic acids is 2. The summed E-state index contributed by atoms with van der Waals surface area (Å²) < 4.78 is 51.1. The number of anilines is 1. The summed E-state index contributed by atoms with van der Waals surface area (Å²) in [5.41, 5.74) is -0.626. The van der Waals surface area contributed by atoms with Gasteiger partial charge in [-0.1, -0.05) is 55.5 Å². The first-order chi connectivity index (χ1) is 17.1. The lowest BCUT2D eigenvalue weighted by molar-refractivity contribution is -0.137. The zero-order chi connectivity index (χ0) is 26.3. The third kappa shape index (κ3) is 7.01. The highest BCUT2D eigenvalue weighted by molar-refractivity contribution is 8.26. The SMILES string of the molecule is CCCCN1C(=O)/C(=C/c2ccc(OCC(=O)Nc3ccccc3C(F)(F)F)c(OCC)c2)SC1=S. The van der Waals surface area contributed by atoms with Crippen molar-refractivity contribution in [3.63, 3.8) is 0 Å². The first-order valence-electron chi connectivity index (χ1n) is 11.2. The van der Waals surface area contributed by atoms with E-state index in [1.165, 1.54) is 30.0 Å². The van der Waals surface area contributed by atoms with E-state index in [1.54, 1.807) is 36.1 Å². The summed E-state index contributed by atoms with van der Waals surface area (Å²) in [7, 11) is 0. The topological polar surface area (TPSA) is 67.9 Å². The number of ether oxygens (including phenoxy) is 2. The molecule has 2 amide bonds. The van der Waals surface area contributed by atoms with Crippen LogP contribution in [-0.4, -0.2) is 40.8 Å². The van der Waals surface area contributed by atoms with Crippen molar-refractivity contribution in [3.05, 3.63) is 58.5 Å². The number of amides is 2. The number of halogens is 3. The van der Waals surface area contributed by atoms with Crippen LogP contribution in [0.3, 0.4) is 0 Å². The smallest absolute Gasteiger partial charge is 0.418 e. The van der Waals surface area contributed by atoms with Gasteiger partial charge in [-0.2, -0.15) is 13.2 Å². The number of nitrogens with zero attached hydrogens (tertiary/aromatic N) is 1. The summed E-state index contributed by atoms with van der Waals surface area (Å²) in [6.45, 7) is 4.17. The highest BCUT2D eigenvalue weighted by Crippen LogP contribution is 2.36. The van der Waals surface area contributed by atoms with Crippen LogP contribution < -0.4 is 14.8 Å². The lowest BCUT2D eigenvalue weighted by Gasteiger charge is -2.15. The van der Waals surface area contributed by atoms with E-state index in [9.17, 15) is 22.8 Å². The molecule has 2 aromatic carbocycles. The van der Waals surface area contributed by atoms with Crippen LogP contribution in [0.1, 0.15) is 37.8 Å². The summed E-state index contributed by atoms with van der Waals surface area (Å²) in [6.07, 6.45) is -1.09. The lowest BCUT2D eigenvalue weighted by atomic mass is 10.1. The van der Waals surface area contributed by atoms with Gasteiger partial charge in [0.15, 0.2) is 18.1 Å². The molecule has 0 bridgehead atoms. The van der Waals surface area contributed by atoms with Crippen molar-refractivity contribution in [1.82, 2.24) is 4.90 Å². The Kier molecular flexibility index (Phi) is 9.38. The standard InChI is InChI=1S/C25H25F3N2O4S2/c1-3-5-12-30-23(32)21(36-24(30)35)14-16-10-11-19(20(13-16)33-4-2)34-15-22(31)29-18-9-7-6-8-17(18)25(26,27)28/h6-11,13-14H,3-5,12,15H2,1-2H3,(H,29,31)/b21-14-. The van der Waals surface area contributed by atoms with Gasteiger partial charge in [0.2, 0.25) is 0 Å². The molecular formula is C25H25F3N2O4S2. The molecule has 0 saturated carbocycles. The van der Waals surface area contributed by atoms with Gasteiger partial charge in [0.05, 0.1) is 22.8 Å². The molecule has 3 rings (SSSR count).